The maximum absolute atomic E-state index is 9.68. The minimum absolute atomic E-state index is 0.0416. The Balaban J connectivity index is 4.16. The Labute approximate surface area is 81.3 Å². The molecule has 0 saturated carbocycles. The van der Waals surface area contributed by atoms with Crippen LogP contribution in [0, 0.1) is 5.92 Å². The molecule has 0 aromatic heterocycles. The number of hydrogen-bond donors (Lipinski definition) is 2. The lowest BCUT2D eigenvalue weighted by Crippen LogP contribution is -2.28. The summed E-state index contributed by atoms with van der Waals surface area (Å²) in [4.78, 5) is 0. The summed E-state index contributed by atoms with van der Waals surface area (Å²) in [5.74, 6) is 0.0416. The summed E-state index contributed by atoms with van der Waals surface area (Å²) in [5, 5.41) is 18.8. The maximum Gasteiger partial charge on any atom is 0.0801 e. The van der Waals surface area contributed by atoms with Crippen molar-refractivity contribution in [3.8, 4) is 0 Å². The van der Waals surface area contributed by atoms with Gasteiger partial charge in [-0.05, 0) is 25.8 Å². The smallest absolute Gasteiger partial charge is 0.0801 e. The van der Waals surface area contributed by atoms with Gasteiger partial charge in [-0.25, -0.2) is 0 Å². The molecule has 0 rings (SSSR count). The average Bonchev–Trinajstić information content (AvgIpc) is 2.04. The Hall–Kier alpha value is -0.340. The van der Waals surface area contributed by atoms with E-state index in [9.17, 15) is 5.11 Å². The van der Waals surface area contributed by atoms with Gasteiger partial charge >= 0.3 is 0 Å². The first-order valence-corrected chi connectivity index (χ1v) is 4.96. The molecule has 78 valence electrons. The van der Waals surface area contributed by atoms with E-state index in [1.54, 1.807) is 13.8 Å². The predicted molar refractivity (Wildman–Crippen MR) is 55.5 cm³/mol. The van der Waals surface area contributed by atoms with Crippen molar-refractivity contribution in [1.29, 1.82) is 0 Å². The molecule has 0 aliphatic rings. The Morgan fingerprint density at radius 2 is 2.00 bits per heavy atom. The molecule has 0 aliphatic carbocycles. The van der Waals surface area contributed by atoms with Gasteiger partial charge < -0.3 is 10.2 Å². The van der Waals surface area contributed by atoms with Crippen molar-refractivity contribution in [2.75, 3.05) is 6.61 Å². The standard InChI is InChI=1S/C11H22O2/c1-5-6-7-10(8-12)9(2)11(3,4)13/h10,12-13H,2,5-8H2,1,3-4H3. The third kappa shape index (κ3) is 4.44. The van der Waals surface area contributed by atoms with Crippen LogP contribution >= 0.6 is 0 Å². The van der Waals surface area contributed by atoms with E-state index in [2.05, 4.69) is 13.5 Å². The Morgan fingerprint density at radius 1 is 1.46 bits per heavy atom. The van der Waals surface area contributed by atoms with Crippen molar-refractivity contribution < 1.29 is 10.2 Å². The van der Waals surface area contributed by atoms with Gasteiger partial charge in [0.15, 0.2) is 0 Å². The summed E-state index contributed by atoms with van der Waals surface area (Å²) in [6.07, 6.45) is 3.09. The highest BCUT2D eigenvalue weighted by Crippen LogP contribution is 2.25. The zero-order chi connectivity index (χ0) is 10.5. The first-order valence-electron chi connectivity index (χ1n) is 4.96. The largest absolute Gasteiger partial charge is 0.396 e. The summed E-state index contributed by atoms with van der Waals surface area (Å²) in [7, 11) is 0. The highest BCUT2D eigenvalue weighted by Gasteiger charge is 2.24. The summed E-state index contributed by atoms with van der Waals surface area (Å²) in [6.45, 7) is 9.46. The molecule has 1 unspecified atom stereocenters. The van der Waals surface area contributed by atoms with Crippen molar-refractivity contribution in [2.45, 2.75) is 45.6 Å². The van der Waals surface area contributed by atoms with Gasteiger partial charge in [-0.2, -0.15) is 0 Å². The van der Waals surface area contributed by atoms with Crippen LogP contribution in [0.1, 0.15) is 40.0 Å². The maximum atomic E-state index is 9.68. The molecule has 0 bridgehead atoms. The molecule has 0 spiro atoms. The molecule has 0 aliphatic heterocycles. The Kier molecular flexibility index (Phi) is 5.26. The van der Waals surface area contributed by atoms with Crippen molar-refractivity contribution >= 4 is 0 Å². The number of aliphatic hydroxyl groups is 2. The fourth-order valence-electron chi connectivity index (χ4n) is 1.33. The molecular weight excluding hydrogens is 164 g/mol. The fourth-order valence-corrected chi connectivity index (χ4v) is 1.33. The monoisotopic (exact) mass is 186 g/mol. The van der Waals surface area contributed by atoms with Gasteiger partial charge in [0.05, 0.1) is 5.60 Å². The van der Waals surface area contributed by atoms with Gasteiger partial charge in [0.25, 0.3) is 0 Å². The van der Waals surface area contributed by atoms with Crippen LogP contribution < -0.4 is 0 Å². The van der Waals surface area contributed by atoms with Gasteiger partial charge in [0.1, 0.15) is 0 Å². The summed E-state index contributed by atoms with van der Waals surface area (Å²) in [6, 6.07) is 0. The van der Waals surface area contributed by atoms with Crippen LogP contribution in [-0.4, -0.2) is 22.4 Å². The molecule has 0 saturated heterocycles. The second-order valence-electron chi connectivity index (χ2n) is 4.11. The van der Waals surface area contributed by atoms with E-state index < -0.39 is 5.60 Å². The molecule has 0 heterocycles. The van der Waals surface area contributed by atoms with E-state index in [4.69, 9.17) is 5.11 Å². The van der Waals surface area contributed by atoms with Crippen molar-refractivity contribution in [3.05, 3.63) is 12.2 Å². The van der Waals surface area contributed by atoms with Crippen LogP contribution in [0.5, 0.6) is 0 Å². The summed E-state index contributed by atoms with van der Waals surface area (Å²) >= 11 is 0. The highest BCUT2D eigenvalue weighted by atomic mass is 16.3. The third-order valence-corrected chi connectivity index (χ3v) is 2.41. The van der Waals surface area contributed by atoms with Crippen molar-refractivity contribution in [3.63, 3.8) is 0 Å². The molecule has 0 aromatic rings. The molecule has 1 atom stereocenters. The first kappa shape index (κ1) is 12.7. The summed E-state index contributed by atoms with van der Waals surface area (Å²) < 4.78 is 0. The minimum Gasteiger partial charge on any atom is -0.396 e. The molecule has 0 amide bonds. The zero-order valence-corrected chi connectivity index (χ0v) is 9.01. The number of aliphatic hydroxyl groups excluding tert-OH is 1. The van der Waals surface area contributed by atoms with Crippen LogP contribution in [0.25, 0.3) is 0 Å². The second kappa shape index (κ2) is 5.40. The quantitative estimate of drug-likeness (QED) is 0.624. The molecule has 0 radical (unpaired) electrons. The number of hydrogen-bond acceptors (Lipinski definition) is 2. The predicted octanol–water partition coefficient (Wildman–Crippen LogP) is 2.11. The van der Waals surface area contributed by atoms with E-state index in [1.165, 1.54) is 0 Å². The van der Waals surface area contributed by atoms with E-state index in [1.807, 2.05) is 0 Å². The van der Waals surface area contributed by atoms with E-state index in [-0.39, 0.29) is 12.5 Å². The molecular formula is C11H22O2. The Bertz CT molecular complexity index is 156. The fraction of sp³-hybridized carbons (Fsp3) is 0.818. The number of rotatable bonds is 6. The van der Waals surface area contributed by atoms with E-state index in [0.29, 0.717) is 0 Å². The lowest BCUT2D eigenvalue weighted by Gasteiger charge is -2.27. The lowest BCUT2D eigenvalue weighted by molar-refractivity contribution is 0.0956. The summed E-state index contributed by atoms with van der Waals surface area (Å²) in [5.41, 5.74) is -0.135. The topological polar surface area (TPSA) is 40.5 Å². The van der Waals surface area contributed by atoms with Crippen molar-refractivity contribution in [2.24, 2.45) is 5.92 Å². The number of unbranched alkanes of at least 4 members (excludes halogenated alkanes) is 1. The van der Waals surface area contributed by atoms with Crippen LogP contribution in [0.15, 0.2) is 12.2 Å². The van der Waals surface area contributed by atoms with E-state index in [0.717, 1.165) is 24.8 Å². The van der Waals surface area contributed by atoms with Gasteiger partial charge in [-0.1, -0.05) is 26.3 Å². The lowest BCUT2D eigenvalue weighted by atomic mass is 9.85. The normalized spacial score (nSPS) is 14.2. The SMILES string of the molecule is C=C(C(CO)CCCC)C(C)(C)O. The van der Waals surface area contributed by atoms with Gasteiger partial charge in [-0.3, -0.25) is 0 Å². The van der Waals surface area contributed by atoms with E-state index >= 15 is 0 Å². The van der Waals surface area contributed by atoms with Gasteiger partial charge in [-0.15, -0.1) is 0 Å². The minimum atomic E-state index is -0.874. The van der Waals surface area contributed by atoms with Crippen LogP contribution in [0.3, 0.4) is 0 Å². The highest BCUT2D eigenvalue weighted by molar-refractivity contribution is 5.12. The van der Waals surface area contributed by atoms with Gasteiger partial charge in [0.2, 0.25) is 0 Å². The molecule has 2 heteroatoms. The van der Waals surface area contributed by atoms with Crippen LogP contribution in [0.2, 0.25) is 0 Å². The molecule has 13 heavy (non-hydrogen) atoms. The van der Waals surface area contributed by atoms with Crippen LogP contribution in [0.4, 0.5) is 0 Å². The molecule has 2 nitrogen and oxygen atoms in total. The average molecular weight is 186 g/mol. The van der Waals surface area contributed by atoms with Crippen molar-refractivity contribution in [1.82, 2.24) is 0 Å². The first-order chi connectivity index (χ1) is 5.93. The molecule has 0 fully saturated rings. The zero-order valence-electron chi connectivity index (χ0n) is 9.01. The second-order valence-corrected chi connectivity index (χ2v) is 4.11. The Morgan fingerprint density at radius 3 is 2.31 bits per heavy atom. The third-order valence-electron chi connectivity index (χ3n) is 2.41. The van der Waals surface area contributed by atoms with Gasteiger partial charge in [0, 0.05) is 12.5 Å². The molecule has 0 aromatic carbocycles. The molecule has 2 N–H and O–H groups in total. The van der Waals surface area contributed by atoms with Crippen LogP contribution in [-0.2, 0) is 0 Å².